The molecule has 11 heteroatoms. The second-order valence-electron chi connectivity index (χ2n) is 8.33. The van der Waals surface area contributed by atoms with Crippen molar-refractivity contribution < 1.29 is 18.0 Å². The summed E-state index contributed by atoms with van der Waals surface area (Å²) in [5, 5.41) is 3.67. The first-order valence-corrected chi connectivity index (χ1v) is 13.5. The third-order valence-corrected chi connectivity index (χ3v) is 6.87. The van der Waals surface area contributed by atoms with Crippen LogP contribution in [-0.2, 0) is 26.2 Å². The molecule has 2 rings (SSSR count). The van der Waals surface area contributed by atoms with E-state index in [1.807, 2.05) is 13.8 Å². The summed E-state index contributed by atoms with van der Waals surface area (Å²) in [7, 11) is -3.91. The number of nitrogens with one attached hydrogen (secondary N) is 1. The maximum absolute atomic E-state index is 13.5. The number of benzene rings is 2. The van der Waals surface area contributed by atoms with Gasteiger partial charge in [-0.15, -0.1) is 0 Å². The third-order valence-electron chi connectivity index (χ3n) is 4.95. The van der Waals surface area contributed by atoms with Gasteiger partial charge in [-0.25, -0.2) is 8.42 Å². The summed E-state index contributed by atoms with van der Waals surface area (Å²) in [4.78, 5) is 27.6. The topological polar surface area (TPSA) is 86.8 Å². The van der Waals surface area contributed by atoms with Crippen LogP contribution in [0.25, 0.3) is 0 Å². The van der Waals surface area contributed by atoms with Crippen molar-refractivity contribution in [3.63, 3.8) is 0 Å². The van der Waals surface area contributed by atoms with Crippen LogP contribution in [0.3, 0.4) is 0 Å². The average molecular weight is 549 g/mol. The maximum atomic E-state index is 13.5. The zero-order chi connectivity index (χ0) is 25.6. The smallest absolute Gasteiger partial charge is 0.244 e. The lowest BCUT2D eigenvalue weighted by molar-refractivity contribution is -0.139. The summed E-state index contributed by atoms with van der Waals surface area (Å²) in [5.41, 5.74) is 0.765. The molecule has 2 aromatic carbocycles. The quantitative estimate of drug-likeness (QED) is 0.470. The number of amides is 2. The molecule has 1 N–H and O–H groups in total. The number of hydrogen-bond donors (Lipinski definition) is 1. The normalized spacial score (nSPS) is 12.4. The van der Waals surface area contributed by atoms with Gasteiger partial charge in [0.05, 0.1) is 17.0 Å². The van der Waals surface area contributed by atoms with Gasteiger partial charge in [-0.2, -0.15) is 0 Å². The molecular formula is C23H28Cl3N3O4S. The number of hydrogen-bond acceptors (Lipinski definition) is 4. The molecule has 2 amide bonds. The number of anilines is 1. The number of sulfonamides is 1. The van der Waals surface area contributed by atoms with Gasteiger partial charge in [0.15, 0.2) is 0 Å². The number of nitrogens with zero attached hydrogens (tertiary/aromatic N) is 2. The van der Waals surface area contributed by atoms with Gasteiger partial charge in [-0.1, -0.05) is 60.8 Å². The minimum atomic E-state index is -3.91. The Labute approximate surface area is 216 Å². The summed E-state index contributed by atoms with van der Waals surface area (Å²) in [6.45, 7) is 5.43. The van der Waals surface area contributed by atoms with Crippen LogP contribution in [0, 0.1) is 5.92 Å². The Kier molecular flexibility index (Phi) is 10.1. The van der Waals surface area contributed by atoms with Crippen molar-refractivity contribution in [1.82, 2.24) is 10.2 Å². The molecule has 186 valence electrons. The number of carbonyl (C=O) groups excluding carboxylic acids is 2. The molecule has 0 aromatic heterocycles. The molecule has 0 fully saturated rings. The van der Waals surface area contributed by atoms with E-state index >= 15 is 0 Å². The molecule has 0 aliphatic rings. The van der Waals surface area contributed by atoms with E-state index in [0.29, 0.717) is 17.1 Å². The van der Waals surface area contributed by atoms with E-state index in [4.69, 9.17) is 34.8 Å². The highest BCUT2D eigenvalue weighted by Gasteiger charge is 2.31. The molecule has 0 radical (unpaired) electrons. The predicted molar refractivity (Wildman–Crippen MR) is 138 cm³/mol. The van der Waals surface area contributed by atoms with Crippen molar-refractivity contribution in [3.05, 3.63) is 63.1 Å². The van der Waals surface area contributed by atoms with Crippen molar-refractivity contribution in [3.8, 4) is 0 Å². The molecule has 2 aromatic rings. The zero-order valence-electron chi connectivity index (χ0n) is 19.4. The summed E-state index contributed by atoms with van der Waals surface area (Å²) < 4.78 is 26.1. The molecule has 0 aliphatic carbocycles. The van der Waals surface area contributed by atoms with Gasteiger partial charge in [0, 0.05) is 23.1 Å². The summed E-state index contributed by atoms with van der Waals surface area (Å²) in [6.07, 6.45) is 0.970. The highest BCUT2D eigenvalue weighted by atomic mass is 35.5. The molecule has 7 nitrogen and oxygen atoms in total. The molecule has 0 saturated carbocycles. The lowest BCUT2D eigenvalue weighted by Gasteiger charge is -2.32. The molecule has 0 heterocycles. The van der Waals surface area contributed by atoms with Crippen molar-refractivity contribution in [2.24, 2.45) is 5.92 Å². The lowest BCUT2D eigenvalue weighted by atomic mass is 10.1. The van der Waals surface area contributed by atoms with Crippen LogP contribution in [0.15, 0.2) is 42.5 Å². The second-order valence-corrected chi connectivity index (χ2v) is 11.5. The standard InChI is InChI=1S/C23H28Cl3N3O4S/c1-15(2)12-27-23(31)16(3)28(13-17-6-5-7-18(24)10-17)22(30)14-29(34(4,32)33)21-11-19(25)8-9-20(21)26/h5-11,15-16H,12-14H2,1-4H3,(H,27,31). The van der Waals surface area contributed by atoms with E-state index in [2.05, 4.69) is 5.32 Å². The first-order chi connectivity index (χ1) is 15.8. The van der Waals surface area contributed by atoms with E-state index < -0.39 is 28.5 Å². The van der Waals surface area contributed by atoms with Crippen LogP contribution in [0.4, 0.5) is 5.69 Å². The third kappa shape index (κ3) is 8.05. The number of halogens is 3. The minimum absolute atomic E-state index is 0.0521. The SMILES string of the molecule is CC(C)CNC(=O)C(C)N(Cc1cccc(Cl)c1)C(=O)CN(c1cc(Cl)ccc1Cl)S(C)(=O)=O. The Hall–Kier alpha value is -2.00. The lowest BCUT2D eigenvalue weighted by Crippen LogP contribution is -2.51. The number of carbonyl (C=O) groups is 2. The molecular weight excluding hydrogens is 521 g/mol. The van der Waals surface area contributed by atoms with E-state index in [9.17, 15) is 18.0 Å². The Morgan fingerprint density at radius 3 is 2.24 bits per heavy atom. The van der Waals surface area contributed by atoms with Crippen molar-refractivity contribution in [2.45, 2.75) is 33.4 Å². The minimum Gasteiger partial charge on any atom is -0.354 e. The van der Waals surface area contributed by atoms with Gasteiger partial charge in [0.25, 0.3) is 0 Å². The highest BCUT2D eigenvalue weighted by Crippen LogP contribution is 2.31. The Morgan fingerprint density at radius 2 is 1.65 bits per heavy atom. The summed E-state index contributed by atoms with van der Waals surface area (Å²) in [5.74, 6) is -0.719. The summed E-state index contributed by atoms with van der Waals surface area (Å²) in [6, 6.07) is 10.4. The largest absolute Gasteiger partial charge is 0.354 e. The van der Waals surface area contributed by atoms with Gasteiger partial charge >= 0.3 is 0 Å². The summed E-state index contributed by atoms with van der Waals surface area (Å²) >= 11 is 18.4. The van der Waals surface area contributed by atoms with Gasteiger partial charge in [0.2, 0.25) is 21.8 Å². The van der Waals surface area contributed by atoms with E-state index in [1.54, 1.807) is 31.2 Å². The van der Waals surface area contributed by atoms with Crippen molar-refractivity contribution in [2.75, 3.05) is 23.7 Å². The fraction of sp³-hybridized carbons (Fsp3) is 0.391. The molecule has 0 spiro atoms. The molecule has 1 unspecified atom stereocenters. The molecule has 1 atom stereocenters. The molecule has 0 aliphatic heterocycles. The van der Waals surface area contributed by atoms with Crippen LogP contribution in [0.5, 0.6) is 0 Å². The molecule has 0 saturated heterocycles. The predicted octanol–water partition coefficient (Wildman–Crippen LogP) is 4.60. The van der Waals surface area contributed by atoms with Gasteiger partial charge < -0.3 is 10.2 Å². The van der Waals surface area contributed by atoms with Crippen LogP contribution in [-0.4, -0.2) is 50.5 Å². The van der Waals surface area contributed by atoms with Crippen LogP contribution in [0.1, 0.15) is 26.3 Å². The van der Waals surface area contributed by atoms with Gasteiger partial charge in [-0.05, 0) is 48.7 Å². The highest BCUT2D eigenvalue weighted by molar-refractivity contribution is 7.92. The monoisotopic (exact) mass is 547 g/mol. The maximum Gasteiger partial charge on any atom is 0.244 e. The van der Waals surface area contributed by atoms with Crippen molar-refractivity contribution >= 4 is 62.3 Å². The second kappa shape index (κ2) is 12.1. The van der Waals surface area contributed by atoms with E-state index in [0.717, 1.165) is 10.6 Å². The number of rotatable bonds is 10. The molecule has 34 heavy (non-hydrogen) atoms. The van der Waals surface area contributed by atoms with Gasteiger partial charge in [0.1, 0.15) is 12.6 Å². The van der Waals surface area contributed by atoms with E-state index in [1.165, 1.54) is 23.1 Å². The van der Waals surface area contributed by atoms with Gasteiger partial charge in [-0.3, -0.25) is 13.9 Å². The Morgan fingerprint density at radius 1 is 1.00 bits per heavy atom. The fourth-order valence-corrected chi connectivity index (χ4v) is 4.64. The Balaban J connectivity index is 2.41. The van der Waals surface area contributed by atoms with Crippen LogP contribution >= 0.6 is 34.8 Å². The Bertz CT molecular complexity index is 1140. The fourth-order valence-electron chi connectivity index (χ4n) is 3.14. The molecule has 0 bridgehead atoms. The average Bonchev–Trinajstić information content (AvgIpc) is 2.74. The first kappa shape index (κ1) is 28.2. The van der Waals surface area contributed by atoms with E-state index in [-0.39, 0.29) is 34.1 Å². The van der Waals surface area contributed by atoms with Crippen LogP contribution in [0.2, 0.25) is 15.1 Å². The van der Waals surface area contributed by atoms with Crippen LogP contribution < -0.4 is 9.62 Å². The first-order valence-electron chi connectivity index (χ1n) is 10.5. The van der Waals surface area contributed by atoms with Crippen molar-refractivity contribution in [1.29, 1.82) is 0 Å². The zero-order valence-corrected chi connectivity index (χ0v) is 22.5.